The van der Waals surface area contributed by atoms with Gasteiger partial charge in [-0.2, -0.15) is 0 Å². The maximum Gasteiger partial charge on any atom is 0.0725 e. The van der Waals surface area contributed by atoms with Gasteiger partial charge in [0.15, 0.2) is 0 Å². The van der Waals surface area contributed by atoms with E-state index in [4.69, 9.17) is 0 Å². The lowest BCUT2D eigenvalue weighted by atomic mass is 9.70. The number of hydrogen-bond acceptors (Lipinski definition) is 0. The molecule has 0 nitrogen and oxygen atoms in total. The highest BCUT2D eigenvalue weighted by Crippen LogP contribution is 2.65. The molecule has 0 unspecified atom stereocenters. The summed E-state index contributed by atoms with van der Waals surface area (Å²) in [6, 6.07) is 88.3. The minimum Gasteiger partial charge on any atom is -0.0619 e. The van der Waals surface area contributed by atoms with E-state index in [1.54, 1.807) is 0 Å². The molecule has 0 fully saturated rings. The molecule has 2 spiro atoms. The first-order valence-corrected chi connectivity index (χ1v) is 24.1. The van der Waals surface area contributed by atoms with Gasteiger partial charge in [0.05, 0.1) is 10.8 Å². The largest absolute Gasteiger partial charge is 0.0725 e. The summed E-state index contributed by atoms with van der Waals surface area (Å²) in [7, 11) is 0. The van der Waals surface area contributed by atoms with Gasteiger partial charge in [-0.05, 0) is 172 Å². The average molecular weight is 855 g/mol. The highest BCUT2D eigenvalue weighted by Gasteiger charge is 2.52. The topological polar surface area (TPSA) is 0 Å². The minimum absolute atomic E-state index is 0.350. The van der Waals surface area contributed by atoms with Crippen LogP contribution >= 0.6 is 0 Å². The van der Waals surface area contributed by atoms with E-state index in [-0.39, 0.29) is 10.8 Å². The molecule has 0 radical (unpaired) electrons. The van der Waals surface area contributed by atoms with Crippen LogP contribution < -0.4 is 0 Å². The standard InChI is InChI=1S/C68H38/c1-5-24-55-45(16-1)46-17-2-6-25-56(46)67(55)59-28-10-20-49-43-34-32-41(37-53(43)51-22-12-30-61(67)65(51)63(49)59)39-14-9-15-40(36-39)42-33-35-44-50-21-11-29-60-64(50)66-52(54(44)38-42)23-13-31-62(66)68(60)57-26-7-3-18-47(57)48-19-4-8-27-58(48)68/h1-38H. The number of fused-ring (bicyclic) bond motifs is 20. The van der Waals surface area contributed by atoms with Crippen LogP contribution in [0.4, 0.5) is 0 Å². The van der Waals surface area contributed by atoms with Crippen LogP contribution in [0.25, 0.3) is 109 Å². The van der Waals surface area contributed by atoms with Gasteiger partial charge in [0, 0.05) is 0 Å². The first kappa shape index (κ1) is 35.7. The third-order valence-electron chi connectivity index (χ3n) is 17.0. The fourth-order valence-electron chi connectivity index (χ4n) is 14.6. The molecule has 0 aromatic heterocycles. The second kappa shape index (κ2) is 12.2. The van der Waals surface area contributed by atoms with E-state index in [1.165, 1.54) is 154 Å². The van der Waals surface area contributed by atoms with Crippen molar-refractivity contribution in [3.05, 3.63) is 275 Å². The molecule has 310 valence electrons. The Morgan fingerprint density at radius 3 is 0.809 bits per heavy atom. The average Bonchev–Trinajstić information content (AvgIpc) is 4.10. The maximum absolute atomic E-state index is 2.46. The molecule has 0 saturated heterocycles. The summed E-state index contributed by atoms with van der Waals surface area (Å²) in [4.78, 5) is 0. The van der Waals surface area contributed by atoms with Gasteiger partial charge in [-0.3, -0.25) is 0 Å². The summed E-state index contributed by atoms with van der Waals surface area (Å²) in [6.45, 7) is 0. The molecule has 0 heterocycles. The fraction of sp³-hybridized carbons (Fsp3) is 0.0294. The van der Waals surface area contributed by atoms with Crippen molar-refractivity contribution in [3.8, 4) is 44.5 Å². The minimum atomic E-state index is -0.350. The zero-order valence-corrected chi connectivity index (χ0v) is 36.9. The summed E-state index contributed by atoms with van der Waals surface area (Å²) < 4.78 is 0. The van der Waals surface area contributed by atoms with E-state index in [0.29, 0.717) is 0 Å². The predicted octanol–water partition coefficient (Wildman–Crippen LogP) is 17.3. The van der Waals surface area contributed by atoms with Crippen LogP contribution in [0.3, 0.4) is 0 Å². The smallest absolute Gasteiger partial charge is 0.0619 e. The van der Waals surface area contributed by atoms with Gasteiger partial charge >= 0.3 is 0 Å². The summed E-state index contributed by atoms with van der Waals surface area (Å²) >= 11 is 0. The third kappa shape index (κ3) is 3.94. The van der Waals surface area contributed by atoms with Gasteiger partial charge < -0.3 is 0 Å². The molecule has 68 heavy (non-hydrogen) atoms. The number of hydrogen-bond donors (Lipinski definition) is 0. The molecule has 13 aromatic rings. The van der Waals surface area contributed by atoms with E-state index in [2.05, 4.69) is 231 Å². The molecule has 0 aliphatic heterocycles. The van der Waals surface area contributed by atoms with Crippen molar-refractivity contribution >= 4 is 64.6 Å². The number of benzene rings is 13. The number of rotatable bonds is 2. The third-order valence-corrected chi connectivity index (χ3v) is 17.0. The van der Waals surface area contributed by atoms with Gasteiger partial charge in [-0.25, -0.2) is 0 Å². The molecule has 0 bridgehead atoms. The van der Waals surface area contributed by atoms with Crippen LogP contribution in [0.1, 0.15) is 44.5 Å². The quantitative estimate of drug-likeness (QED) is 0.152. The van der Waals surface area contributed by atoms with E-state index in [1.807, 2.05) is 0 Å². The van der Waals surface area contributed by atoms with Gasteiger partial charge in [0.25, 0.3) is 0 Å². The van der Waals surface area contributed by atoms with Crippen molar-refractivity contribution in [2.24, 2.45) is 0 Å². The van der Waals surface area contributed by atoms with Crippen molar-refractivity contribution in [2.75, 3.05) is 0 Å². The van der Waals surface area contributed by atoms with Crippen LogP contribution in [0.5, 0.6) is 0 Å². The predicted molar refractivity (Wildman–Crippen MR) is 284 cm³/mol. The Kier molecular flexibility index (Phi) is 6.42. The van der Waals surface area contributed by atoms with Crippen molar-refractivity contribution in [1.82, 2.24) is 0 Å². The SMILES string of the molecule is c1cc(-c2ccc3c(c2)c2cccc4c2c2c(cccc32)C42c3ccccc3-c3ccccc32)cc(-c2ccc3c(c2)c2cccc4c2c2c(cccc32)C42c3ccccc3-c3ccccc32)c1. The normalized spacial score (nSPS) is 14.7. The van der Waals surface area contributed by atoms with Crippen molar-refractivity contribution in [1.29, 1.82) is 0 Å². The second-order valence-electron chi connectivity index (χ2n) is 19.7. The van der Waals surface area contributed by atoms with Crippen molar-refractivity contribution in [2.45, 2.75) is 10.8 Å². The Morgan fingerprint density at radius 2 is 0.456 bits per heavy atom. The lowest BCUT2D eigenvalue weighted by Gasteiger charge is -2.30. The van der Waals surface area contributed by atoms with Crippen LogP contribution in [0.15, 0.2) is 231 Å². The molecule has 0 N–H and O–H groups in total. The van der Waals surface area contributed by atoms with Gasteiger partial charge in [0.2, 0.25) is 0 Å². The van der Waals surface area contributed by atoms with E-state index in [9.17, 15) is 0 Å². The first-order chi connectivity index (χ1) is 33.7. The lowest BCUT2D eigenvalue weighted by molar-refractivity contribution is 0.797. The molecule has 13 aromatic carbocycles. The Bertz CT molecular complexity index is 4130. The molecule has 0 amide bonds. The Labute approximate surface area is 393 Å². The van der Waals surface area contributed by atoms with Crippen molar-refractivity contribution < 1.29 is 0 Å². The Hall–Kier alpha value is -8.58. The zero-order chi connectivity index (χ0) is 44.0. The van der Waals surface area contributed by atoms with Crippen LogP contribution in [-0.4, -0.2) is 0 Å². The molecule has 0 heteroatoms. The van der Waals surface area contributed by atoms with E-state index < -0.39 is 0 Å². The summed E-state index contributed by atoms with van der Waals surface area (Å²) in [6.07, 6.45) is 0. The molecular weight excluding hydrogens is 817 g/mol. The lowest BCUT2D eigenvalue weighted by Crippen LogP contribution is -2.25. The second-order valence-corrected chi connectivity index (χ2v) is 19.7. The van der Waals surface area contributed by atoms with E-state index in [0.717, 1.165) is 0 Å². The summed E-state index contributed by atoms with van der Waals surface area (Å²) in [5.74, 6) is 0. The zero-order valence-electron chi connectivity index (χ0n) is 36.9. The van der Waals surface area contributed by atoms with Crippen LogP contribution in [-0.2, 0) is 10.8 Å². The molecule has 0 atom stereocenters. The van der Waals surface area contributed by atoms with Gasteiger partial charge in [0.1, 0.15) is 0 Å². The first-order valence-electron chi connectivity index (χ1n) is 24.1. The van der Waals surface area contributed by atoms with E-state index >= 15 is 0 Å². The molecule has 0 saturated carbocycles. The maximum atomic E-state index is 2.46. The highest BCUT2D eigenvalue weighted by atomic mass is 14.5. The van der Waals surface area contributed by atoms with Gasteiger partial charge in [-0.1, -0.05) is 212 Å². The molecule has 4 aliphatic rings. The summed E-state index contributed by atoms with van der Waals surface area (Å²) in [5.41, 5.74) is 20.8. The monoisotopic (exact) mass is 854 g/mol. The Morgan fingerprint density at radius 1 is 0.176 bits per heavy atom. The Balaban J connectivity index is 0.847. The van der Waals surface area contributed by atoms with Crippen LogP contribution in [0, 0.1) is 0 Å². The van der Waals surface area contributed by atoms with Gasteiger partial charge in [-0.15, -0.1) is 0 Å². The molecular formula is C68H38. The van der Waals surface area contributed by atoms with Crippen molar-refractivity contribution in [3.63, 3.8) is 0 Å². The summed E-state index contributed by atoms with van der Waals surface area (Å²) in [5, 5.41) is 16.1. The molecule has 17 rings (SSSR count). The van der Waals surface area contributed by atoms with Crippen LogP contribution in [0.2, 0.25) is 0 Å². The molecule has 4 aliphatic carbocycles. The fourth-order valence-corrected chi connectivity index (χ4v) is 14.6. The highest BCUT2D eigenvalue weighted by molar-refractivity contribution is 6.32.